The Kier molecular flexibility index (Phi) is 4.02. The van der Waals surface area contributed by atoms with E-state index in [1.165, 1.54) is 12.1 Å². The molecule has 0 aliphatic heterocycles. The molecule has 112 valence electrons. The van der Waals surface area contributed by atoms with E-state index in [0.717, 1.165) is 17.1 Å². The largest absolute Gasteiger partial charge is 0.495 e. The molecule has 0 fully saturated rings. The molecule has 1 N–H and O–H groups in total. The van der Waals surface area contributed by atoms with Crippen molar-refractivity contribution in [3.05, 3.63) is 70.5 Å². The number of nitrogens with zero attached hydrogens (tertiary/aromatic N) is 2. The summed E-state index contributed by atoms with van der Waals surface area (Å²) in [6, 6.07) is 13.9. The molecule has 3 rings (SSSR count). The molecule has 2 aromatic carbocycles. The highest BCUT2D eigenvalue weighted by atomic mass is 32.1. The van der Waals surface area contributed by atoms with Gasteiger partial charge in [0.1, 0.15) is 17.4 Å². The third-order valence-electron chi connectivity index (χ3n) is 3.34. The van der Waals surface area contributed by atoms with Crippen molar-refractivity contribution in [2.24, 2.45) is 0 Å². The first-order valence-electron chi connectivity index (χ1n) is 6.73. The van der Waals surface area contributed by atoms with Crippen molar-refractivity contribution in [1.82, 2.24) is 14.8 Å². The summed E-state index contributed by atoms with van der Waals surface area (Å²) >= 11 is 5.33. The highest BCUT2D eigenvalue weighted by Gasteiger charge is 2.12. The maximum absolute atomic E-state index is 13.0. The van der Waals surface area contributed by atoms with Gasteiger partial charge in [-0.2, -0.15) is 5.10 Å². The maximum atomic E-state index is 13.0. The lowest BCUT2D eigenvalue weighted by molar-refractivity contribution is 0.412. The van der Waals surface area contributed by atoms with Crippen LogP contribution in [0.4, 0.5) is 4.39 Å². The lowest BCUT2D eigenvalue weighted by Crippen LogP contribution is -2.04. The summed E-state index contributed by atoms with van der Waals surface area (Å²) in [7, 11) is 1.61. The fourth-order valence-electron chi connectivity index (χ4n) is 2.30. The van der Waals surface area contributed by atoms with Crippen LogP contribution in [0.15, 0.2) is 48.5 Å². The molecule has 4 nitrogen and oxygen atoms in total. The first-order chi connectivity index (χ1) is 10.7. The van der Waals surface area contributed by atoms with Crippen molar-refractivity contribution in [3.8, 4) is 11.4 Å². The van der Waals surface area contributed by atoms with Gasteiger partial charge in [0.2, 0.25) is 0 Å². The number of nitrogens with one attached hydrogen (secondary N) is 1. The third-order valence-corrected chi connectivity index (χ3v) is 3.62. The van der Waals surface area contributed by atoms with Gasteiger partial charge in [0.15, 0.2) is 4.77 Å². The smallest absolute Gasteiger partial charge is 0.200 e. The number of benzene rings is 2. The second-order valence-electron chi connectivity index (χ2n) is 4.76. The fraction of sp³-hybridized carbons (Fsp3) is 0.125. The van der Waals surface area contributed by atoms with Crippen LogP contribution < -0.4 is 4.74 Å². The van der Waals surface area contributed by atoms with E-state index >= 15 is 0 Å². The molecule has 0 aliphatic carbocycles. The average Bonchev–Trinajstić information content (AvgIpc) is 2.90. The average molecular weight is 315 g/mol. The molecule has 0 saturated carbocycles. The van der Waals surface area contributed by atoms with Crippen molar-refractivity contribution < 1.29 is 9.13 Å². The molecule has 0 spiro atoms. The number of aromatic nitrogens is 3. The van der Waals surface area contributed by atoms with Crippen LogP contribution in [-0.4, -0.2) is 21.9 Å². The molecule has 3 aromatic rings. The summed E-state index contributed by atoms with van der Waals surface area (Å²) in [5.74, 6) is 1.19. The third kappa shape index (κ3) is 2.78. The van der Waals surface area contributed by atoms with Gasteiger partial charge in [-0.25, -0.2) is 4.39 Å². The van der Waals surface area contributed by atoms with Crippen molar-refractivity contribution in [2.45, 2.75) is 6.42 Å². The lowest BCUT2D eigenvalue weighted by Gasteiger charge is -2.11. The van der Waals surface area contributed by atoms with Crippen LogP contribution in [0.25, 0.3) is 5.69 Å². The highest BCUT2D eigenvalue weighted by molar-refractivity contribution is 7.71. The summed E-state index contributed by atoms with van der Waals surface area (Å²) in [6.07, 6.45) is 0.533. The molecule has 0 aliphatic rings. The van der Waals surface area contributed by atoms with E-state index < -0.39 is 0 Å². The van der Waals surface area contributed by atoms with E-state index in [9.17, 15) is 4.39 Å². The predicted octanol–water partition coefficient (Wildman–Crippen LogP) is 3.67. The molecular weight excluding hydrogens is 301 g/mol. The topological polar surface area (TPSA) is 42.8 Å². The molecule has 0 radical (unpaired) electrons. The Morgan fingerprint density at radius 1 is 1.18 bits per heavy atom. The highest BCUT2D eigenvalue weighted by Crippen LogP contribution is 2.24. The molecule has 0 saturated heterocycles. The summed E-state index contributed by atoms with van der Waals surface area (Å²) in [5.41, 5.74) is 1.77. The molecule has 22 heavy (non-hydrogen) atoms. The molecule has 1 aromatic heterocycles. The Hall–Kier alpha value is -2.47. The van der Waals surface area contributed by atoms with Crippen LogP contribution in [0.3, 0.4) is 0 Å². The Morgan fingerprint density at radius 3 is 2.64 bits per heavy atom. The van der Waals surface area contributed by atoms with Gasteiger partial charge in [-0.1, -0.05) is 24.3 Å². The number of halogens is 1. The van der Waals surface area contributed by atoms with Crippen molar-refractivity contribution in [1.29, 1.82) is 0 Å². The molecule has 0 atom stereocenters. The number of hydrogen-bond acceptors (Lipinski definition) is 3. The van der Waals surface area contributed by atoms with Gasteiger partial charge in [-0.05, 0) is 42.0 Å². The number of aromatic amines is 1. The van der Waals surface area contributed by atoms with Crippen LogP contribution >= 0.6 is 12.2 Å². The van der Waals surface area contributed by atoms with E-state index in [1.807, 2.05) is 28.8 Å². The number of hydrogen-bond donors (Lipinski definition) is 1. The summed E-state index contributed by atoms with van der Waals surface area (Å²) < 4.78 is 20.7. The standard InChI is InChI=1S/C16H14FN3OS/c1-21-14-5-3-2-4-13(14)20-15(18-19-16(20)22)10-11-6-8-12(17)9-7-11/h2-9H,10H2,1H3,(H,19,22). The van der Waals surface area contributed by atoms with Crippen LogP contribution in [0.2, 0.25) is 0 Å². The normalized spacial score (nSPS) is 10.6. The van der Waals surface area contributed by atoms with Gasteiger partial charge in [-0.15, -0.1) is 0 Å². The Balaban J connectivity index is 2.04. The number of rotatable bonds is 4. The first-order valence-corrected chi connectivity index (χ1v) is 7.14. The van der Waals surface area contributed by atoms with Crippen molar-refractivity contribution in [2.75, 3.05) is 7.11 Å². The summed E-state index contributed by atoms with van der Waals surface area (Å²) in [6.45, 7) is 0. The molecule has 0 amide bonds. The zero-order valence-electron chi connectivity index (χ0n) is 11.9. The Bertz CT molecular complexity index is 839. The monoisotopic (exact) mass is 315 g/mol. The van der Waals surface area contributed by atoms with Crippen LogP contribution in [0, 0.1) is 10.6 Å². The second-order valence-corrected chi connectivity index (χ2v) is 5.14. The fourth-order valence-corrected chi connectivity index (χ4v) is 2.55. The maximum Gasteiger partial charge on any atom is 0.200 e. The van der Waals surface area contributed by atoms with E-state index in [2.05, 4.69) is 10.2 Å². The zero-order chi connectivity index (χ0) is 15.5. The summed E-state index contributed by atoms with van der Waals surface area (Å²) in [4.78, 5) is 0. The van der Waals surface area contributed by atoms with Gasteiger partial charge >= 0.3 is 0 Å². The zero-order valence-corrected chi connectivity index (χ0v) is 12.7. The van der Waals surface area contributed by atoms with Gasteiger partial charge in [0.05, 0.1) is 12.8 Å². The minimum Gasteiger partial charge on any atom is -0.495 e. The van der Waals surface area contributed by atoms with E-state index in [1.54, 1.807) is 19.2 Å². The SMILES string of the molecule is COc1ccccc1-n1c(Cc2ccc(F)cc2)n[nH]c1=S. The van der Waals surface area contributed by atoms with Crippen molar-refractivity contribution in [3.63, 3.8) is 0 Å². The molecule has 1 heterocycles. The first kappa shape index (κ1) is 14.5. The van der Waals surface area contributed by atoms with E-state index in [-0.39, 0.29) is 5.82 Å². The van der Waals surface area contributed by atoms with Gasteiger partial charge in [-0.3, -0.25) is 9.67 Å². The van der Waals surface area contributed by atoms with Gasteiger partial charge in [0.25, 0.3) is 0 Å². The lowest BCUT2D eigenvalue weighted by atomic mass is 10.1. The van der Waals surface area contributed by atoms with Crippen molar-refractivity contribution >= 4 is 12.2 Å². The quantitative estimate of drug-likeness (QED) is 0.747. The van der Waals surface area contributed by atoms with Crippen LogP contribution in [0.1, 0.15) is 11.4 Å². The minimum absolute atomic E-state index is 0.257. The molecule has 0 unspecified atom stereocenters. The minimum atomic E-state index is -0.257. The number of H-pyrrole nitrogens is 1. The van der Waals surface area contributed by atoms with E-state index in [4.69, 9.17) is 17.0 Å². The number of para-hydroxylation sites is 2. The molecule has 6 heteroatoms. The van der Waals surface area contributed by atoms with Gasteiger partial charge < -0.3 is 4.74 Å². The number of ether oxygens (including phenoxy) is 1. The molecule has 0 bridgehead atoms. The summed E-state index contributed by atoms with van der Waals surface area (Å²) in [5, 5.41) is 7.09. The predicted molar refractivity (Wildman–Crippen MR) is 84.5 cm³/mol. The Morgan fingerprint density at radius 2 is 1.91 bits per heavy atom. The van der Waals surface area contributed by atoms with Crippen LogP contribution in [-0.2, 0) is 6.42 Å². The number of methoxy groups -OCH3 is 1. The second kappa shape index (κ2) is 6.11. The van der Waals surface area contributed by atoms with Gasteiger partial charge in [0, 0.05) is 6.42 Å². The van der Waals surface area contributed by atoms with E-state index in [0.29, 0.717) is 16.9 Å². The van der Waals surface area contributed by atoms with Crippen LogP contribution in [0.5, 0.6) is 5.75 Å². The Labute approximate surface area is 132 Å². The molecular formula is C16H14FN3OS.